The maximum absolute atomic E-state index is 6.34. The van der Waals surface area contributed by atoms with E-state index >= 15 is 0 Å². The van der Waals surface area contributed by atoms with Gasteiger partial charge in [0.25, 0.3) is 0 Å². The number of ether oxygens (including phenoxy) is 1. The minimum Gasteiger partial charge on any atom is -0.489 e. The molecular formula is C17H26ClNO. The Morgan fingerprint density at radius 2 is 2.20 bits per heavy atom. The van der Waals surface area contributed by atoms with E-state index in [-0.39, 0.29) is 6.04 Å². The fourth-order valence-electron chi connectivity index (χ4n) is 3.08. The number of nitrogens with two attached hydrogens (primary N) is 1. The zero-order chi connectivity index (χ0) is 14.5. The summed E-state index contributed by atoms with van der Waals surface area (Å²) in [6.45, 7) is 4.28. The highest BCUT2D eigenvalue weighted by molar-refractivity contribution is 6.32. The lowest BCUT2D eigenvalue weighted by molar-refractivity contribution is 0.121. The van der Waals surface area contributed by atoms with E-state index in [1.54, 1.807) is 0 Å². The molecule has 112 valence electrons. The monoisotopic (exact) mass is 295 g/mol. The van der Waals surface area contributed by atoms with Crippen LogP contribution in [0.1, 0.15) is 51.5 Å². The van der Waals surface area contributed by atoms with Crippen LogP contribution in [-0.4, -0.2) is 12.1 Å². The minimum atomic E-state index is 0.116. The second-order valence-corrected chi connectivity index (χ2v) is 6.50. The Morgan fingerprint density at radius 3 is 2.90 bits per heavy atom. The topological polar surface area (TPSA) is 35.2 Å². The van der Waals surface area contributed by atoms with Crippen molar-refractivity contribution in [1.82, 2.24) is 0 Å². The predicted molar refractivity (Wildman–Crippen MR) is 85.5 cm³/mol. The predicted octanol–water partition coefficient (Wildman–Crippen LogP) is 4.58. The van der Waals surface area contributed by atoms with Crippen LogP contribution in [0.2, 0.25) is 5.02 Å². The molecule has 1 fully saturated rings. The summed E-state index contributed by atoms with van der Waals surface area (Å²) >= 11 is 6.34. The molecule has 0 bridgehead atoms. The van der Waals surface area contributed by atoms with Crippen molar-refractivity contribution in [2.24, 2.45) is 11.7 Å². The minimum absolute atomic E-state index is 0.116. The molecule has 2 nitrogen and oxygen atoms in total. The first-order valence-corrected chi connectivity index (χ1v) is 8.17. The van der Waals surface area contributed by atoms with Crippen LogP contribution in [0.4, 0.5) is 0 Å². The van der Waals surface area contributed by atoms with Gasteiger partial charge >= 0.3 is 0 Å². The smallest absolute Gasteiger partial charge is 0.141 e. The lowest BCUT2D eigenvalue weighted by Crippen LogP contribution is -2.26. The van der Waals surface area contributed by atoms with Crippen LogP contribution in [-0.2, 0) is 6.42 Å². The maximum Gasteiger partial charge on any atom is 0.141 e. The fraction of sp³-hybridized carbons (Fsp3) is 0.647. The molecule has 0 aromatic heterocycles. The molecule has 3 heteroatoms. The highest BCUT2D eigenvalue weighted by Crippen LogP contribution is 2.35. The van der Waals surface area contributed by atoms with Gasteiger partial charge in [-0.25, -0.2) is 0 Å². The Labute approximate surface area is 127 Å². The van der Waals surface area contributed by atoms with Crippen molar-refractivity contribution < 1.29 is 4.74 Å². The summed E-state index contributed by atoms with van der Waals surface area (Å²) < 4.78 is 6.26. The Kier molecular flexibility index (Phi) is 5.74. The van der Waals surface area contributed by atoms with E-state index in [0.717, 1.165) is 36.5 Å². The molecule has 1 aliphatic carbocycles. The third kappa shape index (κ3) is 4.13. The molecule has 1 aromatic rings. The highest BCUT2D eigenvalue weighted by atomic mass is 35.5. The average Bonchev–Trinajstić information content (AvgIpc) is 2.42. The van der Waals surface area contributed by atoms with Crippen LogP contribution < -0.4 is 10.5 Å². The van der Waals surface area contributed by atoms with Crippen LogP contribution in [0, 0.1) is 5.92 Å². The summed E-state index contributed by atoms with van der Waals surface area (Å²) in [5, 5.41) is 0.710. The second kappa shape index (κ2) is 7.33. The SMILES string of the molecule is CCC1CCCC(Oc2c(Cl)cccc2CC(C)N)C1. The van der Waals surface area contributed by atoms with Crippen molar-refractivity contribution in [3.63, 3.8) is 0 Å². The number of hydrogen-bond donors (Lipinski definition) is 1. The Bertz CT molecular complexity index is 433. The highest BCUT2D eigenvalue weighted by Gasteiger charge is 2.23. The maximum atomic E-state index is 6.34. The number of rotatable bonds is 5. The third-order valence-electron chi connectivity index (χ3n) is 4.19. The van der Waals surface area contributed by atoms with Crippen molar-refractivity contribution in [2.75, 3.05) is 0 Å². The van der Waals surface area contributed by atoms with Crippen molar-refractivity contribution in [3.8, 4) is 5.75 Å². The molecule has 2 N–H and O–H groups in total. The molecule has 1 aliphatic rings. The van der Waals surface area contributed by atoms with Gasteiger partial charge in [0.05, 0.1) is 11.1 Å². The van der Waals surface area contributed by atoms with Gasteiger partial charge in [0.2, 0.25) is 0 Å². The normalized spacial score (nSPS) is 24.4. The Balaban J connectivity index is 2.11. The van der Waals surface area contributed by atoms with Gasteiger partial charge in [0.15, 0.2) is 0 Å². The standard InChI is InChI=1S/C17H26ClNO/c1-3-13-6-4-8-15(11-13)20-17-14(10-12(2)19)7-5-9-16(17)18/h5,7,9,12-13,15H,3-4,6,8,10-11,19H2,1-2H3. The molecule has 20 heavy (non-hydrogen) atoms. The van der Waals surface area contributed by atoms with Gasteiger partial charge in [-0.05, 0) is 50.2 Å². The summed E-state index contributed by atoms with van der Waals surface area (Å²) in [6, 6.07) is 6.07. The van der Waals surface area contributed by atoms with Crippen molar-refractivity contribution >= 4 is 11.6 Å². The van der Waals surface area contributed by atoms with E-state index < -0.39 is 0 Å². The number of benzene rings is 1. The molecule has 0 saturated heterocycles. The van der Waals surface area contributed by atoms with E-state index in [9.17, 15) is 0 Å². The second-order valence-electron chi connectivity index (χ2n) is 6.09. The zero-order valence-corrected chi connectivity index (χ0v) is 13.3. The van der Waals surface area contributed by atoms with E-state index in [4.69, 9.17) is 22.1 Å². The summed E-state index contributed by atoms with van der Waals surface area (Å²) in [5.74, 6) is 1.65. The molecule has 1 aromatic carbocycles. The van der Waals surface area contributed by atoms with Crippen LogP contribution in [0.5, 0.6) is 5.75 Å². The van der Waals surface area contributed by atoms with Gasteiger partial charge < -0.3 is 10.5 Å². The molecule has 0 spiro atoms. The number of para-hydroxylation sites is 1. The Morgan fingerprint density at radius 1 is 1.40 bits per heavy atom. The first-order chi connectivity index (χ1) is 9.60. The first-order valence-electron chi connectivity index (χ1n) is 7.79. The Hall–Kier alpha value is -0.730. The molecule has 0 aliphatic heterocycles. The summed E-state index contributed by atoms with van der Waals surface area (Å²) in [5.41, 5.74) is 7.05. The number of halogens is 1. The van der Waals surface area contributed by atoms with E-state index in [1.807, 2.05) is 19.1 Å². The molecule has 0 radical (unpaired) electrons. The van der Waals surface area contributed by atoms with Crippen molar-refractivity contribution in [3.05, 3.63) is 28.8 Å². The molecule has 0 heterocycles. The molecule has 2 rings (SSSR count). The summed E-state index contributed by atoms with van der Waals surface area (Å²) in [7, 11) is 0. The van der Waals surface area contributed by atoms with Crippen LogP contribution in [0.15, 0.2) is 18.2 Å². The fourth-order valence-corrected chi connectivity index (χ4v) is 3.32. The largest absolute Gasteiger partial charge is 0.489 e. The van der Waals surface area contributed by atoms with Gasteiger partial charge in [-0.3, -0.25) is 0 Å². The average molecular weight is 296 g/mol. The third-order valence-corrected chi connectivity index (χ3v) is 4.48. The molecule has 1 saturated carbocycles. The zero-order valence-electron chi connectivity index (χ0n) is 12.6. The lowest BCUT2D eigenvalue weighted by atomic mass is 9.85. The van der Waals surface area contributed by atoms with Crippen molar-refractivity contribution in [1.29, 1.82) is 0 Å². The van der Waals surface area contributed by atoms with Gasteiger partial charge in [-0.2, -0.15) is 0 Å². The first kappa shape index (κ1) is 15.7. The summed E-state index contributed by atoms with van der Waals surface area (Å²) in [4.78, 5) is 0. The molecule has 3 unspecified atom stereocenters. The number of hydrogen-bond acceptors (Lipinski definition) is 2. The van der Waals surface area contributed by atoms with Crippen LogP contribution >= 0.6 is 11.6 Å². The van der Waals surface area contributed by atoms with E-state index in [1.165, 1.54) is 19.3 Å². The van der Waals surface area contributed by atoms with E-state index in [0.29, 0.717) is 11.1 Å². The summed E-state index contributed by atoms with van der Waals surface area (Å²) in [6.07, 6.45) is 7.25. The lowest BCUT2D eigenvalue weighted by Gasteiger charge is -2.30. The quantitative estimate of drug-likeness (QED) is 0.863. The van der Waals surface area contributed by atoms with Gasteiger partial charge in [-0.1, -0.05) is 43.5 Å². The van der Waals surface area contributed by atoms with Gasteiger partial charge in [0, 0.05) is 6.04 Å². The van der Waals surface area contributed by atoms with Gasteiger partial charge in [0.1, 0.15) is 5.75 Å². The molecular weight excluding hydrogens is 270 g/mol. The van der Waals surface area contributed by atoms with Crippen molar-refractivity contribution in [2.45, 2.75) is 64.5 Å². The molecule has 0 amide bonds. The van der Waals surface area contributed by atoms with Crippen LogP contribution in [0.3, 0.4) is 0 Å². The van der Waals surface area contributed by atoms with Crippen LogP contribution in [0.25, 0.3) is 0 Å². The van der Waals surface area contributed by atoms with E-state index in [2.05, 4.69) is 13.0 Å². The molecule has 3 atom stereocenters. The van der Waals surface area contributed by atoms with Gasteiger partial charge in [-0.15, -0.1) is 0 Å².